The number of nitrogens with two attached hydrogens (primary N) is 1. The Bertz CT molecular complexity index is 1530. The van der Waals surface area contributed by atoms with Gasteiger partial charge in [0.25, 0.3) is 0 Å². The molecule has 1 aliphatic rings. The first kappa shape index (κ1) is 21.9. The fraction of sp³-hybridized carbons (Fsp3) is 0.182. The number of pyridine rings is 1. The van der Waals surface area contributed by atoms with Crippen molar-refractivity contribution < 1.29 is 8.60 Å². The molecule has 0 spiro atoms. The molecule has 2 atom stereocenters. The largest absolute Gasteiger partial charge is 0.369 e. The minimum absolute atomic E-state index is 0.135. The first-order valence-corrected chi connectivity index (χ1v) is 13.0. The first-order chi connectivity index (χ1) is 15.6. The zero-order valence-electron chi connectivity index (χ0n) is 17.8. The van der Waals surface area contributed by atoms with Gasteiger partial charge in [0, 0.05) is 42.7 Å². The molecule has 0 radical (unpaired) electrons. The van der Waals surface area contributed by atoms with Crippen LogP contribution in [-0.4, -0.2) is 47.9 Å². The van der Waals surface area contributed by atoms with Gasteiger partial charge in [0.15, 0.2) is 0 Å². The second kappa shape index (κ2) is 7.54. The number of guanidine groups is 1. The number of aromatic nitrogens is 3. The highest BCUT2D eigenvalue weighted by Gasteiger charge is 2.40. The number of benzene rings is 1. The number of halogens is 2. The highest BCUT2D eigenvalue weighted by molar-refractivity contribution is 7.98. The SMILES string of the molecule is C=S1(=O)C[C@@](C)(c2sc3c(-c4ccc(-n5cccn5)cc4F)nccc3c2Cl)N=C(N)N1C. The van der Waals surface area contributed by atoms with Gasteiger partial charge in [0.1, 0.15) is 11.4 Å². The molecular formula is C22H20ClFN6OS2. The van der Waals surface area contributed by atoms with Crippen LogP contribution in [-0.2, 0) is 15.2 Å². The predicted octanol–water partition coefficient (Wildman–Crippen LogP) is 4.05. The van der Waals surface area contributed by atoms with Crippen molar-refractivity contribution in [3.63, 3.8) is 0 Å². The van der Waals surface area contributed by atoms with Gasteiger partial charge in [-0.15, -0.1) is 11.3 Å². The number of thiophene rings is 1. The average Bonchev–Trinajstić information content (AvgIpc) is 3.41. The van der Waals surface area contributed by atoms with Crippen LogP contribution in [0.25, 0.3) is 27.0 Å². The van der Waals surface area contributed by atoms with E-state index in [9.17, 15) is 4.21 Å². The molecule has 0 bridgehead atoms. The van der Waals surface area contributed by atoms with Crippen molar-refractivity contribution >= 4 is 54.6 Å². The molecule has 1 unspecified atom stereocenters. The van der Waals surface area contributed by atoms with Gasteiger partial charge in [-0.25, -0.2) is 18.3 Å². The van der Waals surface area contributed by atoms with Crippen molar-refractivity contribution in [2.24, 2.45) is 10.7 Å². The molecule has 0 saturated carbocycles. The predicted molar refractivity (Wildman–Crippen MR) is 134 cm³/mol. The first-order valence-electron chi connectivity index (χ1n) is 9.92. The van der Waals surface area contributed by atoms with Crippen molar-refractivity contribution in [2.75, 3.05) is 12.8 Å². The van der Waals surface area contributed by atoms with Gasteiger partial charge in [-0.1, -0.05) is 11.6 Å². The summed E-state index contributed by atoms with van der Waals surface area (Å²) in [4.78, 5) is 9.75. The normalized spacial score (nSPS) is 23.2. The number of hydrogen-bond acceptors (Lipinski definition) is 6. The van der Waals surface area contributed by atoms with Gasteiger partial charge in [0.05, 0.1) is 41.4 Å². The van der Waals surface area contributed by atoms with Crippen LogP contribution in [0, 0.1) is 5.82 Å². The number of fused-ring (bicyclic) bond motifs is 1. The van der Waals surface area contributed by atoms with Crippen LogP contribution in [0.3, 0.4) is 0 Å². The number of aliphatic imine (C=N–C) groups is 1. The van der Waals surface area contributed by atoms with E-state index in [4.69, 9.17) is 17.3 Å². The monoisotopic (exact) mass is 502 g/mol. The van der Waals surface area contributed by atoms with Crippen LogP contribution >= 0.6 is 22.9 Å². The smallest absolute Gasteiger partial charge is 0.203 e. The maximum atomic E-state index is 15.2. The fourth-order valence-electron chi connectivity index (χ4n) is 3.97. The lowest BCUT2D eigenvalue weighted by Crippen LogP contribution is -2.50. The number of nitrogens with zero attached hydrogens (tertiary/aromatic N) is 5. The zero-order chi connectivity index (χ0) is 23.5. The minimum Gasteiger partial charge on any atom is -0.369 e. The van der Waals surface area contributed by atoms with Crippen molar-refractivity contribution in [3.05, 3.63) is 64.6 Å². The molecule has 4 heterocycles. The summed E-state index contributed by atoms with van der Waals surface area (Å²) >= 11 is 8.14. The summed E-state index contributed by atoms with van der Waals surface area (Å²) in [6, 6.07) is 8.43. The molecule has 2 N–H and O–H groups in total. The van der Waals surface area contributed by atoms with Gasteiger partial charge in [-0.05, 0) is 37.1 Å². The molecule has 0 aliphatic carbocycles. The van der Waals surface area contributed by atoms with E-state index in [1.165, 1.54) is 21.7 Å². The highest BCUT2D eigenvalue weighted by Crippen LogP contribution is 2.47. The van der Waals surface area contributed by atoms with Crippen molar-refractivity contribution in [1.82, 2.24) is 19.1 Å². The standard InChI is InChI=1S/C22H20ClFN6OS2/c1-22(12-33(3,31)29(2)21(25)28-22)20-17(23)15-7-9-26-18(19(15)32-20)14-6-5-13(11-16(14)24)30-10-4-8-27-30/h4-11H,3,12H2,1-2H3,(H2,25,28)/t22-,33?/m0/s1. The lowest BCUT2D eigenvalue weighted by molar-refractivity contribution is 0.522. The maximum absolute atomic E-state index is 15.2. The lowest BCUT2D eigenvalue weighted by atomic mass is 10.0. The Hall–Kier alpha value is -2.95. The van der Waals surface area contributed by atoms with Gasteiger partial charge in [-0.2, -0.15) is 5.10 Å². The Balaban J connectivity index is 1.67. The van der Waals surface area contributed by atoms with E-state index >= 15 is 4.39 Å². The van der Waals surface area contributed by atoms with Crippen LogP contribution in [0.4, 0.5) is 4.39 Å². The zero-order valence-corrected chi connectivity index (χ0v) is 20.2. The second-order valence-electron chi connectivity index (χ2n) is 8.05. The summed E-state index contributed by atoms with van der Waals surface area (Å²) in [5.74, 6) is 3.72. The molecular weight excluding hydrogens is 483 g/mol. The topological polar surface area (TPSA) is 89.4 Å². The summed E-state index contributed by atoms with van der Waals surface area (Å²) in [6.45, 7) is 1.83. The molecule has 1 aliphatic heterocycles. The molecule has 11 heteroatoms. The molecule has 0 fully saturated rings. The maximum Gasteiger partial charge on any atom is 0.203 e. The Kier molecular flexibility index (Phi) is 5.00. The summed E-state index contributed by atoms with van der Waals surface area (Å²) in [5, 5.41) is 5.33. The quantitative estimate of drug-likeness (QED) is 0.428. The molecule has 33 heavy (non-hydrogen) atoms. The van der Waals surface area contributed by atoms with E-state index in [0.29, 0.717) is 31.5 Å². The van der Waals surface area contributed by atoms with Crippen molar-refractivity contribution in [2.45, 2.75) is 12.5 Å². The molecule has 3 aromatic heterocycles. The highest BCUT2D eigenvalue weighted by atomic mass is 35.5. The van der Waals surface area contributed by atoms with Crippen molar-refractivity contribution in [1.29, 1.82) is 0 Å². The summed E-state index contributed by atoms with van der Waals surface area (Å²) in [5.41, 5.74) is 6.54. The lowest BCUT2D eigenvalue weighted by Gasteiger charge is -2.36. The van der Waals surface area contributed by atoms with E-state index in [1.807, 2.05) is 6.92 Å². The van der Waals surface area contributed by atoms with Gasteiger partial charge in [-0.3, -0.25) is 9.29 Å². The summed E-state index contributed by atoms with van der Waals surface area (Å²) in [7, 11) is -1.07. The van der Waals surface area contributed by atoms with Gasteiger partial charge < -0.3 is 5.73 Å². The van der Waals surface area contributed by atoms with Crippen LogP contribution in [0.1, 0.15) is 11.8 Å². The van der Waals surface area contributed by atoms with Gasteiger partial charge in [0.2, 0.25) is 5.96 Å². The van der Waals surface area contributed by atoms with E-state index in [1.54, 1.807) is 54.6 Å². The Morgan fingerprint density at radius 2 is 2.12 bits per heavy atom. The molecule has 5 rings (SSSR count). The molecule has 4 aromatic rings. The fourth-order valence-corrected chi connectivity index (χ4v) is 7.54. The van der Waals surface area contributed by atoms with E-state index in [-0.39, 0.29) is 11.7 Å². The third-order valence-corrected chi connectivity index (χ3v) is 9.87. The van der Waals surface area contributed by atoms with E-state index in [0.717, 1.165) is 5.39 Å². The van der Waals surface area contributed by atoms with Crippen molar-refractivity contribution in [3.8, 4) is 16.9 Å². The average molecular weight is 503 g/mol. The Labute approximate surface area is 199 Å². The summed E-state index contributed by atoms with van der Waals surface area (Å²) in [6.07, 6.45) is 4.97. The van der Waals surface area contributed by atoms with Crippen LogP contribution in [0.2, 0.25) is 5.02 Å². The molecule has 7 nitrogen and oxygen atoms in total. The molecule has 0 amide bonds. The number of rotatable bonds is 3. The Morgan fingerprint density at radius 3 is 2.79 bits per heavy atom. The van der Waals surface area contributed by atoms with Gasteiger partial charge >= 0.3 is 0 Å². The van der Waals surface area contributed by atoms with Crippen LogP contribution < -0.4 is 5.73 Å². The molecule has 0 saturated heterocycles. The van der Waals surface area contributed by atoms with E-state index < -0.39 is 21.1 Å². The molecule has 1 aromatic carbocycles. The van der Waals surface area contributed by atoms with Crippen LogP contribution in [0.5, 0.6) is 0 Å². The Morgan fingerprint density at radius 1 is 1.33 bits per heavy atom. The number of hydrogen-bond donors (Lipinski definition) is 1. The molecule has 170 valence electrons. The summed E-state index contributed by atoms with van der Waals surface area (Å²) < 4.78 is 32.0. The minimum atomic E-state index is -2.67. The third kappa shape index (κ3) is 3.49. The third-order valence-electron chi connectivity index (χ3n) is 5.70. The second-order valence-corrected chi connectivity index (χ2v) is 11.8. The van der Waals surface area contributed by atoms with E-state index in [2.05, 4.69) is 20.9 Å². The van der Waals surface area contributed by atoms with Crippen LogP contribution in [0.15, 0.2) is 53.9 Å².